The number of carbonyl (C=O) groups excluding carboxylic acids is 1. The van der Waals surface area contributed by atoms with Gasteiger partial charge in [0.1, 0.15) is 0 Å². The van der Waals surface area contributed by atoms with Crippen molar-refractivity contribution in [1.29, 1.82) is 0 Å². The molecule has 5 nitrogen and oxygen atoms in total. The second kappa shape index (κ2) is 8.02. The van der Waals surface area contributed by atoms with Gasteiger partial charge >= 0.3 is 12.2 Å². The number of nitrogens with zero attached hydrogens (tertiary/aromatic N) is 2. The average Bonchev–Trinajstić information content (AvgIpc) is 2.66. The van der Waals surface area contributed by atoms with Crippen molar-refractivity contribution in [1.82, 2.24) is 15.3 Å². The smallest absolute Gasteiger partial charge is 0.337 e. The van der Waals surface area contributed by atoms with Crippen LogP contribution in [0.1, 0.15) is 11.1 Å². The van der Waals surface area contributed by atoms with E-state index in [1.54, 1.807) is 18.2 Å². The van der Waals surface area contributed by atoms with Crippen molar-refractivity contribution in [3.63, 3.8) is 0 Å². The number of halogens is 4. The summed E-state index contributed by atoms with van der Waals surface area (Å²) in [6.45, 7) is 2.17. The number of anilines is 1. The first-order valence-corrected chi connectivity index (χ1v) is 8.87. The van der Waals surface area contributed by atoms with Crippen LogP contribution in [0, 0.1) is 6.92 Å². The van der Waals surface area contributed by atoms with Crippen LogP contribution in [0.2, 0.25) is 0 Å². The molecule has 3 aromatic rings. The number of aryl methyl sites for hydroxylation is 1. The van der Waals surface area contributed by atoms with Gasteiger partial charge in [-0.2, -0.15) is 13.2 Å². The Labute approximate surface area is 163 Å². The van der Waals surface area contributed by atoms with Crippen LogP contribution in [0.3, 0.4) is 0 Å². The maximum absolute atomic E-state index is 12.8. The van der Waals surface area contributed by atoms with E-state index in [2.05, 4.69) is 20.6 Å². The Morgan fingerprint density at radius 1 is 1.18 bits per heavy atom. The Morgan fingerprint density at radius 2 is 1.96 bits per heavy atom. The predicted molar refractivity (Wildman–Crippen MR) is 102 cm³/mol. The maximum atomic E-state index is 12.8. The zero-order valence-electron chi connectivity index (χ0n) is 14.8. The van der Waals surface area contributed by atoms with Gasteiger partial charge in [0.2, 0.25) is 0 Å². The molecule has 2 amide bonds. The van der Waals surface area contributed by atoms with Crippen LogP contribution in [-0.4, -0.2) is 28.4 Å². The van der Waals surface area contributed by atoms with E-state index in [1.807, 2.05) is 6.92 Å². The minimum Gasteiger partial charge on any atom is -0.337 e. The second-order valence-corrected chi connectivity index (χ2v) is 6.44. The van der Waals surface area contributed by atoms with Crippen LogP contribution in [-0.2, 0) is 6.18 Å². The number of carbonyl (C=O) groups is 1. The quantitative estimate of drug-likeness (QED) is 0.598. The fourth-order valence-electron chi connectivity index (χ4n) is 2.62. The number of amides is 2. The molecular formula is C19H16ClF3N4O. The number of fused-ring (bicyclic) bond motifs is 1. The summed E-state index contributed by atoms with van der Waals surface area (Å²) in [6, 6.07) is 8.23. The molecule has 1 heterocycles. The van der Waals surface area contributed by atoms with Crippen molar-refractivity contribution in [2.45, 2.75) is 13.1 Å². The molecule has 0 saturated heterocycles. The van der Waals surface area contributed by atoms with Gasteiger partial charge in [0.15, 0.2) is 5.82 Å². The minimum atomic E-state index is -4.41. The van der Waals surface area contributed by atoms with Crippen LogP contribution in [0.5, 0.6) is 0 Å². The van der Waals surface area contributed by atoms with E-state index in [0.717, 1.165) is 17.7 Å². The van der Waals surface area contributed by atoms with E-state index in [-0.39, 0.29) is 6.03 Å². The van der Waals surface area contributed by atoms with E-state index in [4.69, 9.17) is 11.6 Å². The molecule has 0 spiro atoms. The number of alkyl halides is 4. The number of hydrogen-bond donors (Lipinski definition) is 2. The Kier molecular flexibility index (Phi) is 5.69. The molecule has 28 heavy (non-hydrogen) atoms. The van der Waals surface area contributed by atoms with E-state index < -0.39 is 11.7 Å². The van der Waals surface area contributed by atoms with E-state index in [9.17, 15) is 18.0 Å². The number of rotatable bonds is 4. The van der Waals surface area contributed by atoms with Gasteiger partial charge in [-0.05, 0) is 48.9 Å². The lowest BCUT2D eigenvalue weighted by Crippen LogP contribution is -2.30. The lowest BCUT2D eigenvalue weighted by molar-refractivity contribution is -0.137. The highest BCUT2D eigenvalue weighted by atomic mass is 35.5. The third kappa shape index (κ3) is 4.51. The molecule has 0 bridgehead atoms. The van der Waals surface area contributed by atoms with Crippen molar-refractivity contribution < 1.29 is 18.0 Å². The summed E-state index contributed by atoms with van der Waals surface area (Å²) in [4.78, 5) is 20.3. The van der Waals surface area contributed by atoms with Crippen LogP contribution in [0.15, 0.2) is 42.6 Å². The van der Waals surface area contributed by atoms with Gasteiger partial charge in [0.25, 0.3) is 0 Å². The Balaban J connectivity index is 1.86. The third-order valence-corrected chi connectivity index (χ3v) is 4.21. The van der Waals surface area contributed by atoms with Crippen LogP contribution in [0.25, 0.3) is 22.3 Å². The predicted octanol–water partition coefficient (Wildman–Crippen LogP) is 4.98. The van der Waals surface area contributed by atoms with Gasteiger partial charge < -0.3 is 10.6 Å². The van der Waals surface area contributed by atoms with Crippen molar-refractivity contribution in [3.8, 4) is 11.4 Å². The molecule has 0 aliphatic heterocycles. The summed E-state index contributed by atoms with van der Waals surface area (Å²) in [6.07, 6.45) is -3.04. The molecule has 0 atom stereocenters. The number of urea groups is 1. The molecule has 0 aliphatic rings. The minimum absolute atomic E-state index is 0.310. The van der Waals surface area contributed by atoms with Crippen molar-refractivity contribution in [3.05, 3.63) is 53.7 Å². The number of aromatic nitrogens is 2. The lowest BCUT2D eigenvalue weighted by Gasteiger charge is -2.11. The highest BCUT2D eigenvalue weighted by Gasteiger charge is 2.30. The topological polar surface area (TPSA) is 66.9 Å². The van der Waals surface area contributed by atoms with E-state index in [0.29, 0.717) is 40.4 Å². The molecule has 0 radical (unpaired) electrons. The van der Waals surface area contributed by atoms with E-state index in [1.165, 1.54) is 12.3 Å². The Morgan fingerprint density at radius 3 is 2.64 bits per heavy atom. The average molecular weight is 409 g/mol. The molecule has 0 aliphatic carbocycles. The molecule has 1 aromatic heterocycles. The molecular weight excluding hydrogens is 393 g/mol. The SMILES string of the molecule is Cc1cc(-c2ncc3cc(C(F)(F)F)ccc3n2)ccc1NC(=O)NCCCl. The highest BCUT2D eigenvalue weighted by molar-refractivity contribution is 6.18. The standard InChI is InChI=1S/C19H16ClF3N4O/c1-11-8-12(2-4-15(11)27-18(28)24-7-6-20)17-25-10-13-9-14(19(21,22)23)3-5-16(13)26-17/h2-5,8-10H,6-7H2,1H3,(H2,24,27,28). The molecule has 0 unspecified atom stereocenters. The summed E-state index contributed by atoms with van der Waals surface area (Å²) in [5, 5.41) is 5.63. The summed E-state index contributed by atoms with van der Waals surface area (Å²) in [7, 11) is 0. The number of nitrogens with one attached hydrogen (secondary N) is 2. The largest absolute Gasteiger partial charge is 0.416 e. The van der Waals surface area contributed by atoms with Gasteiger partial charge in [-0.1, -0.05) is 0 Å². The van der Waals surface area contributed by atoms with E-state index >= 15 is 0 Å². The van der Waals surface area contributed by atoms with Crippen molar-refractivity contribution in [2.24, 2.45) is 0 Å². The van der Waals surface area contributed by atoms with Crippen LogP contribution >= 0.6 is 11.6 Å². The normalized spacial score (nSPS) is 11.5. The van der Waals surface area contributed by atoms with Crippen molar-refractivity contribution in [2.75, 3.05) is 17.7 Å². The molecule has 0 fully saturated rings. The summed E-state index contributed by atoms with van der Waals surface area (Å²) >= 11 is 5.53. The first-order chi connectivity index (χ1) is 13.3. The lowest BCUT2D eigenvalue weighted by atomic mass is 10.1. The zero-order chi connectivity index (χ0) is 20.3. The maximum Gasteiger partial charge on any atom is 0.416 e. The molecule has 2 aromatic carbocycles. The van der Waals surface area contributed by atoms with Crippen LogP contribution in [0.4, 0.5) is 23.7 Å². The van der Waals surface area contributed by atoms with Gasteiger partial charge in [-0.15, -0.1) is 11.6 Å². The van der Waals surface area contributed by atoms with Gasteiger partial charge in [0.05, 0.1) is 11.1 Å². The van der Waals surface area contributed by atoms with Crippen molar-refractivity contribution >= 4 is 34.2 Å². The molecule has 9 heteroatoms. The summed E-state index contributed by atoms with van der Waals surface area (Å²) in [5.74, 6) is 0.697. The Hall–Kier alpha value is -2.87. The first kappa shape index (κ1) is 19.9. The summed E-state index contributed by atoms with van der Waals surface area (Å²) in [5.41, 5.74) is 1.76. The second-order valence-electron chi connectivity index (χ2n) is 6.06. The fraction of sp³-hybridized carbons (Fsp3) is 0.211. The molecule has 146 valence electrons. The monoisotopic (exact) mass is 408 g/mol. The molecule has 3 rings (SSSR count). The number of benzene rings is 2. The molecule has 0 saturated carbocycles. The van der Waals surface area contributed by atoms with Gasteiger partial charge in [-0.25, -0.2) is 14.8 Å². The highest BCUT2D eigenvalue weighted by Crippen LogP contribution is 2.31. The number of hydrogen-bond acceptors (Lipinski definition) is 3. The van der Waals surface area contributed by atoms with Gasteiger partial charge in [-0.3, -0.25) is 0 Å². The van der Waals surface area contributed by atoms with Crippen LogP contribution < -0.4 is 10.6 Å². The van der Waals surface area contributed by atoms with Gasteiger partial charge in [0, 0.05) is 35.3 Å². The zero-order valence-corrected chi connectivity index (χ0v) is 15.5. The Bertz CT molecular complexity index is 1020. The molecule has 2 N–H and O–H groups in total. The fourth-order valence-corrected chi connectivity index (χ4v) is 2.71. The summed E-state index contributed by atoms with van der Waals surface area (Å²) < 4.78 is 38.5. The third-order valence-electron chi connectivity index (χ3n) is 4.02. The first-order valence-electron chi connectivity index (χ1n) is 8.34.